The average molecular weight is 215 g/mol. The number of hydrogen-bond acceptors (Lipinski definition) is 3. The minimum atomic E-state index is -0.655. The molecule has 4 nitrogen and oxygen atoms in total. The van der Waals surface area contributed by atoms with Gasteiger partial charge in [0.2, 0.25) is 5.91 Å². The Morgan fingerprint density at radius 1 is 1.47 bits per heavy atom. The van der Waals surface area contributed by atoms with Gasteiger partial charge in [-0.25, -0.2) is 0 Å². The fraction of sp³-hybridized carbons (Fsp3) is 0.909. The number of carbonyl (C=O) groups is 1. The topological polar surface area (TPSA) is 58.6 Å². The van der Waals surface area contributed by atoms with Crippen molar-refractivity contribution < 1.29 is 14.6 Å². The lowest BCUT2D eigenvalue weighted by molar-refractivity contribution is -0.132. The minimum Gasteiger partial charge on any atom is -0.388 e. The highest BCUT2D eigenvalue weighted by molar-refractivity contribution is 5.77. The predicted octanol–water partition coefficient (Wildman–Crippen LogP) is 0.833. The van der Waals surface area contributed by atoms with E-state index in [1.165, 1.54) is 0 Å². The largest absolute Gasteiger partial charge is 0.388 e. The summed E-state index contributed by atoms with van der Waals surface area (Å²) < 4.78 is 5.31. The molecular weight excluding hydrogens is 194 g/mol. The monoisotopic (exact) mass is 215 g/mol. The summed E-state index contributed by atoms with van der Waals surface area (Å²) in [5.74, 6) is -0.162. The lowest BCUT2D eigenvalue weighted by atomic mass is 9.80. The molecule has 0 aromatic rings. The summed E-state index contributed by atoms with van der Waals surface area (Å²) in [5, 5.41) is 12.4. The average Bonchev–Trinajstić information content (AvgIpc) is 2.07. The van der Waals surface area contributed by atoms with E-state index in [4.69, 9.17) is 4.74 Å². The maximum absolute atomic E-state index is 11.3. The first-order valence-electron chi connectivity index (χ1n) is 5.44. The van der Waals surface area contributed by atoms with Gasteiger partial charge in [-0.15, -0.1) is 0 Å². The predicted molar refractivity (Wildman–Crippen MR) is 57.5 cm³/mol. The van der Waals surface area contributed by atoms with Crippen LogP contribution in [-0.2, 0) is 9.53 Å². The summed E-state index contributed by atoms with van der Waals surface area (Å²) in [6, 6.07) is 0. The SMILES string of the molecule is CC(C)(C)OCC(=O)NCC1(O)CCC1. The van der Waals surface area contributed by atoms with Gasteiger partial charge in [0.25, 0.3) is 0 Å². The summed E-state index contributed by atoms with van der Waals surface area (Å²) in [6.07, 6.45) is 2.62. The van der Waals surface area contributed by atoms with Crippen molar-refractivity contribution in [2.75, 3.05) is 13.2 Å². The molecule has 0 radical (unpaired) electrons. The van der Waals surface area contributed by atoms with Crippen molar-refractivity contribution >= 4 is 5.91 Å². The highest BCUT2D eigenvalue weighted by Crippen LogP contribution is 2.30. The summed E-state index contributed by atoms with van der Waals surface area (Å²) in [4.78, 5) is 11.3. The van der Waals surface area contributed by atoms with Crippen molar-refractivity contribution in [3.05, 3.63) is 0 Å². The number of nitrogens with one attached hydrogen (secondary N) is 1. The Morgan fingerprint density at radius 2 is 2.07 bits per heavy atom. The Bertz CT molecular complexity index is 228. The fourth-order valence-electron chi connectivity index (χ4n) is 1.36. The molecule has 0 unspecified atom stereocenters. The van der Waals surface area contributed by atoms with Crippen molar-refractivity contribution in [3.8, 4) is 0 Å². The van der Waals surface area contributed by atoms with Crippen LogP contribution in [0.1, 0.15) is 40.0 Å². The molecule has 0 aromatic carbocycles. The van der Waals surface area contributed by atoms with E-state index in [1.54, 1.807) is 0 Å². The van der Waals surface area contributed by atoms with Crippen LogP contribution >= 0.6 is 0 Å². The maximum atomic E-state index is 11.3. The molecule has 1 aliphatic rings. The third-order valence-corrected chi connectivity index (χ3v) is 2.54. The van der Waals surface area contributed by atoms with Crippen molar-refractivity contribution in [2.24, 2.45) is 0 Å². The van der Waals surface area contributed by atoms with Gasteiger partial charge in [0, 0.05) is 6.54 Å². The van der Waals surface area contributed by atoms with E-state index in [0.29, 0.717) is 6.54 Å². The van der Waals surface area contributed by atoms with Crippen LogP contribution in [0.5, 0.6) is 0 Å². The van der Waals surface area contributed by atoms with Crippen molar-refractivity contribution in [1.29, 1.82) is 0 Å². The molecule has 1 amide bonds. The van der Waals surface area contributed by atoms with Crippen LogP contribution in [0.3, 0.4) is 0 Å². The second-order valence-corrected chi connectivity index (χ2v) is 5.26. The first kappa shape index (κ1) is 12.5. The van der Waals surface area contributed by atoms with Gasteiger partial charge >= 0.3 is 0 Å². The molecule has 15 heavy (non-hydrogen) atoms. The van der Waals surface area contributed by atoms with Gasteiger partial charge in [-0.2, -0.15) is 0 Å². The van der Waals surface area contributed by atoms with Crippen molar-refractivity contribution in [2.45, 2.75) is 51.2 Å². The van der Waals surface area contributed by atoms with E-state index < -0.39 is 5.60 Å². The quantitative estimate of drug-likeness (QED) is 0.730. The lowest BCUT2D eigenvalue weighted by Crippen LogP contribution is -2.48. The molecule has 0 atom stereocenters. The zero-order chi connectivity index (χ0) is 11.5. The molecule has 4 heteroatoms. The number of aliphatic hydroxyl groups is 1. The standard InChI is InChI=1S/C11H21NO3/c1-10(2,3)15-7-9(13)12-8-11(14)5-4-6-11/h14H,4-8H2,1-3H3,(H,12,13). The van der Waals surface area contributed by atoms with Crippen LogP contribution in [0.4, 0.5) is 0 Å². The van der Waals surface area contributed by atoms with Crippen LogP contribution in [0.15, 0.2) is 0 Å². The number of carbonyl (C=O) groups excluding carboxylic acids is 1. The molecule has 1 rings (SSSR count). The molecule has 2 N–H and O–H groups in total. The molecule has 0 heterocycles. The zero-order valence-corrected chi connectivity index (χ0v) is 9.80. The number of hydrogen-bond donors (Lipinski definition) is 2. The Labute approximate surface area is 91.0 Å². The normalized spacial score (nSPS) is 19.5. The molecule has 0 aromatic heterocycles. The maximum Gasteiger partial charge on any atom is 0.246 e. The second kappa shape index (κ2) is 4.49. The van der Waals surface area contributed by atoms with Gasteiger partial charge in [0.1, 0.15) is 6.61 Å². The Morgan fingerprint density at radius 3 is 2.47 bits per heavy atom. The molecule has 0 bridgehead atoms. The summed E-state index contributed by atoms with van der Waals surface area (Å²) in [5.41, 5.74) is -0.956. The molecule has 0 aliphatic heterocycles. The van der Waals surface area contributed by atoms with E-state index in [-0.39, 0.29) is 18.1 Å². The van der Waals surface area contributed by atoms with Crippen molar-refractivity contribution in [1.82, 2.24) is 5.32 Å². The van der Waals surface area contributed by atoms with Gasteiger partial charge < -0.3 is 15.2 Å². The van der Waals surface area contributed by atoms with Crippen LogP contribution in [0.25, 0.3) is 0 Å². The molecule has 88 valence electrons. The molecular formula is C11H21NO3. The van der Waals surface area contributed by atoms with Gasteiger partial charge in [-0.1, -0.05) is 0 Å². The third-order valence-electron chi connectivity index (χ3n) is 2.54. The second-order valence-electron chi connectivity index (χ2n) is 5.26. The van der Waals surface area contributed by atoms with E-state index in [0.717, 1.165) is 19.3 Å². The van der Waals surface area contributed by atoms with E-state index in [1.807, 2.05) is 20.8 Å². The van der Waals surface area contributed by atoms with Gasteiger partial charge in [0.05, 0.1) is 11.2 Å². The lowest BCUT2D eigenvalue weighted by Gasteiger charge is -2.36. The molecule has 0 spiro atoms. The molecule has 1 saturated carbocycles. The summed E-state index contributed by atoms with van der Waals surface area (Å²) >= 11 is 0. The third kappa shape index (κ3) is 4.62. The van der Waals surface area contributed by atoms with E-state index in [9.17, 15) is 9.90 Å². The highest BCUT2D eigenvalue weighted by Gasteiger charge is 2.34. The Kier molecular flexibility index (Phi) is 3.73. The first-order valence-corrected chi connectivity index (χ1v) is 5.44. The molecule has 1 aliphatic carbocycles. The number of amides is 1. The van der Waals surface area contributed by atoms with Gasteiger partial charge in [-0.3, -0.25) is 4.79 Å². The summed E-state index contributed by atoms with van der Waals surface area (Å²) in [7, 11) is 0. The van der Waals surface area contributed by atoms with Gasteiger partial charge in [-0.05, 0) is 40.0 Å². The van der Waals surface area contributed by atoms with Gasteiger partial charge in [0.15, 0.2) is 0 Å². The van der Waals surface area contributed by atoms with Crippen LogP contribution in [-0.4, -0.2) is 35.4 Å². The van der Waals surface area contributed by atoms with Crippen molar-refractivity contribution in [3.63, 3.8) is 0 Å². The van der Waals surface area contributed by atoms with E-state index >= 15 is 0 Å². The zero-order valence-electron chi connectivity index (χ0n) is 9.80. The highest BCUT2D eigenvalue weighted by atomic mass is 16.5. The number of rotatable bonds is 4. The van der Waals surface area contributed by atoms with Crippen LogP contribution in [0.2, 0.25) is 0 Å². The van der Waals surface area contributed by atoms with Crippen LogP contribution < -0.4 is 5.32 Å². The molecule has 1 fully saturated rings. The number of ether oxygens (including phenoxy) is 1. The Hall–Kier alpha value is -0.610. The first-order chi connectivity index (χ1) is 6.81. The van der Waals surface area contributed by atoms with Crippen LogP contribution in [0, 0.1) is 0 Å². The fourth-order valence-corrected chi connectivity index (χ4v) is 1.36. The Balaban J connectivity index is 2.14. The minimum absolute atomic E-state index is 0.0551. The molecule has 0 saturated heterocycles. The summed E-state index contributed by atoms with van der Waals surface area (Å²) in [6.45, 7) is 6.11. The smallest absolute Gasteiger partial charge is 0.246 e. The van der Waals surface area contributed by atoms with E-state index in [2.05, 4.69) is 5.32 Å².